The third-order valence-corrected chi connectivity index (χ3v) is 2.70. The minimum absolute atomic E-state index is 0.0214. The average molecular weight is 188 g/mol. The van der Waals surface area contributed by atoms with Crippen LogP contribution in [-0.2, 0) is 6.42 Å². The lowest BCUT2D eigenvalue weighted by molar-refractivity contribution is 0.102. The van der Waals surface area contributed by atoms with Crippen molar-refractivity contribution in [3.05, 3.63) is 46.7 Å². The van der Waals surface area contributed by atoms with Crippen LogP contribution in [-0.4, -0.2) is 10.9 Å². The minimum atomic E-state index is -0.0214. The highest BCUT2D eigenvalue weighted by Crippen LogP contribution is 2.26. The van der Waals surface area contributed by atoms with Gasteiger partial charge >= 0.3 is 0 Å². The first-order valence-corrected chi connectivity index (χ1v) is 4.70. The largest absolute Gasteiger partial charge is 0.515 e. The molecule has 0 fully saturated rings. The van der Waals surface area contributed by atoms with Crippen LogP contribution in [0.2, 0.25) is 0 Å². The Morgan fingerprint density at radius 3 is 2.86 bits per heavy atom. The van der Waals surface area contributed by atoms with Crippen LogP contribution in [0, 0.1) is 6.92 Å². The van der Waals surface area contributed by atoms with Gasteiger partial charge in [0.1, 0.15) is 0 Å². The summed E-state index contributed by atoms with van der Waals surface area (Å²) in [5, 5.41) is 8.90. The average Bonchev–Trinajstić information content (AvgIpc) is 2.18. The summed E-state index contributed by atoms with van der Waals surface area (Å²) in [5.41, 5.74) is 3.39. The first-order valence-electron chi connectivity index (χ1n) is 4.70. The number of hydrogen-bond acceptors (Lipinski definition) is 2. The van der Waals surface area contributed by atoms with Gasteiger partial charge in [-0.2, -0.15) is 0 Å². The minimum Gasteiger partial charge on any atom is -0.515 e. The molecular formula is C12H12O2. The zero-order valence-electron chi connectivity index (χ0n) is 8.08. The van der Waals surface area contributed by atoms with E-state index in [0.717, 1.165) is 29.4 Å². The molecule has 0 spiro atoms. The zero-order valence-corrected chi connectivity index (χ0v) is 8.08. The standard InChI is InChI=1S/C12H12O2/c1-8-3-2-4-9-5-6-10(7-13)12(14)11(8)9/h2-4,7,13H,5-6H2,1H3/b10-7-. The lowest BCUT2D eigenvalue weighted by Crippen LogP contribution is -2.15. The van der Waals surface area contributed by atoms with Crippen molar-refractivity contribution in [3.63, 3.8) is 0 Å². The molecule has 14 heavy (non-hydrogen) atoms. The van der Waals surface area contributed by atoms with Crippen molar-refractivity contribution in [2.75, 3.05) is 0 Å². The maximum Gasteiger partial charge on any atom is 0.192 e. The maximum atomic E-state index is 11.8. The second-order valence-electron chi connectivity index (χ2n) is 3.59. The van der Waals surface area contributed by atoms with Crippen molar-refractivity contribution < 1.29 is 9.90 Å². The number of carbonyl (C=O) groups excluding carboxylic acids is 1. The van der Waals surface area contributed by atoms with Crippen LogP contribution in [0.25, 0.3) is 0 Å². The number of hydrogen-bond donors (Lipinski definition) is 1. The molecule has 2 rings (SSSR count). The Morgan fingerprint density at radius 2 is 2.14 bits per heavy atom. The van der Waals surface area contributed by atoms with Crippen LogP contribution in [0.1, 0.15) is 27.9 Å². The molecule has 0 atom stereocenters. The van der Waals surface area contributed by atoms with E-state index in [1.807, 2.05) is 25.1 Å². The van der Waals surface area contributed by atoms with E-state index < -0.39 is 0 Å². The van der Waals surface area contributed by atoms with Crippen molar-refractivity contribution in [3.8, 4) is 0 Å². The number of benzene rings is 1. The monoisotopic (exact) mass is 188 g/mol. The van der Waals surface area contributed by atoms with Crippen LogP contribution < -0.4 is 0 Å². The molecule has 0 amide bonds. The summed E-state index contributed by atoms with van der Waals surface area (Å²) in [6, 6.07) is 5.88. The van der Waals surface area contributed by atoms with Gasteiger partial charge in [-0.25, -0.2) is 0 Å². The quantitative estimate of drug-likeness (QED) is 0.502. The van der Waals surface area contributed by atoms with E-state index in [4.69, 9.17) is 5.11 Å². The van der Waals surface area contributed by atoms with Crippen LogP contribution in [0.15, 0.2) is 30.0 Å². The van der Waals surface area contributed by atoms with E-state index in [0.29, 0.717) is 12.0 Å². The van der Waals surface area contributed by atoms with Gasteiger partial charge in [0.15, 0.2) is 5.78 Å². The highest BCUT2D eigenvalue weighted by molar-refractivity contribution is 6.11. The van der Waals surface area contributed by atoms with Gasteiger partial charge in [-0.3, -0.25) is 4.79 Å². The highest BCUT2D eigenvalue weighted by Gasteiger charge is 2.23. The SMILES string of the molecule is Cc1cccc2c1C(=O)/C(=C\O)CC2. The van der Waals surface area contributed by atoms with E-state index in [-0.39, 0.29) is 5.78 Å². The Bertz CT molecular complexity index is 416. The Morgan fingerprint density at radius 1 is 1.36 bits per heavy atom. The Balaban J connectivity index is 2.59. The lowest BCUT2D eigenvalue weighted by Gasteiger charge is -2.18. The molecule has 2 nitrogen and oxygen atoms in total. The van der Waals surface area contributed by atoms with Crippen molar-refractivity contribution in [1.82, 2.24) is 0 Å². The molecule has 0 aromatic heterocycles. The van der Waals surface area contributed by atoms with E-state index in [2.05, 4.69) is 0 Å². The molecule has 1 aromatic carbocycles. The zero-order chi connectivity index (χ0) is 10.1. The summed E-state index contributed by atoms with van der Waals surface area (Å²) in [7, 11) is 0. The van der Waals surface area contributed by atoms with Gasteiger partial charge in [-0.05, 0) is 30.9 Å². The number of carbonyl (C=O) groups is 1. The van der Waals surface area contributed by atoms with Crippen LogP contribution >= 0.6 is 0 Å². The fourth-order valence-electron chi connectivity index (χ4n) is 1.93. The normalized spacial score (nSPS) is 18.4. The van der Waals surface area contributed by atoms with E-state index >= 15 is 0 Å². The summed E-state index contributed by atoms with van der Waals surface area (Å²) in [6.45, 7) is 1.93. The summed E-state index contributed by atoms with van der Waals surface area (Å²) in [4.78, 5) is 11.8. The van der Waals surface area contributed by atoms with Crippen molar-refractivity contribution in [2.24, 2.45) is 0 Å². The molecular weight excluding hydrogens is 176 g/mol. The first-order chi connectivity index (χ1) is 6.74. The van der Waals surface area contributed by atoms with Crippen molar-refractivity contribution in [2.45, 2.75) is 19.8 Å². The van der Waals surface area contributed by atoms with Crippen LogP contribution in [0.5, 0.6) is 0 Å². The maximum absolute atomic E-state index is 11.8. The second kappa shape index (κ2) is 3.29. The second-order valence-corrected chi connectivity index (χ2v) is 3.59. The number of Topliss-reactive ketones (excluding diaryl/α,β-unsaturated/α-hetero) is 1. The Labute approximate surface area is 82.9 Å². The Hall–Kier alpha value is -1.57. The molecule has 0 saturated carbocycles. The highest BCUT2D eigenvalue weighted by atomic mass is 16.2. The van der Waals surface area contributed by atoms with Gasteiger partial charge < -0.3 is 5.11 Å². The van der Waals surface area contributed by atoms with E-state index in [1.54, 1.807) is 0 Å². The summed E-state index contributed by atoms with van der Waals surface area (Å²) >= 11 is 0. The van der Waals surface area contributed by atoms with Gasteiger partial charge in [0.05, 0.1) is 6.26 Å². The topological polar surface area (TPSA) is 37.3 Å². The molecule has 0 aliphatic heterocycles. The molecule has 1 aromatic rings. The predicted octanol–water partition coefficient (Wildman–Crippen LogP) is 2.57. The third-order valence-electron chi connectivity index (χ3n) is 2.70. The fraction of sp³-hybridized carbons (Fsp3) is 0.250. The van der Waals surface area contributed by atoms with Gasteiger partial charge in [0.25, 0.3) is 0 Å². The number of fused-ring (bicyclic) bond motifs is 1. The van der Waals surface area contributed by atoms with Gasteiger partial charge in [0.2, 0.25) is 0 Å². The molecule has 0 bridgehead atoms. The molecule has 0 heterocycles. The van der Waals surface area contributed by atoms with E-state index in [9.17, 15) is 4.79 Å². The Kier molecular flexibility index (Phi) is 2.12. The fourth-order valence-corrected chi connectivity index (χ4v) is 1.93. The number of aliphatic hydroxyl groups is 1. The molecule has 0 saturated heterocycles. The summed E-state index contributed by atoms with van der Waals surface area (Å²) in [5.74, 6) is -0.0214. The number of ketones is 1. The van der Waals surface area contributed by atoms with Crippen LogP contribution in [0.3, 0.4) is 0 Å². The predicted molar refractivity (Wildman–Crippen MR) is 54.5 cm³/mol. The third kappa shape index (κ3) is 1.23. The molecule has 1 N–H and O–H groups in total. The molecule has 2 heteroatoms. The summed E-state index contributed by atoms with van der Waals surface area (Å²) < 4.78 is 0. The number of allylic oxidation sites excluding steroid dienone is 1. The molecule has 0 radical (unpaired) electrons. The molecule has 1 aliphatic carbocycles. The smallest absolute Gasteiger partial charge is 0.192 e. The summed E-state index contributed by atoms with van der Waals surface area (Å²) in [6.07, 6.45) is 2.43. The lowest BCUT2D eigenvalue weighted by atomic mass is 9.85. The molecule has 72 valence electrons. The van der Waals surface area contributed by atoms with Gasteiger partial charge in [0, 0.05) is 11.1 Å². The van der Waals surface area contributed by atoms with Crippen molar-refractivity contribution in [1.29, 1.82) is 0 Å². The number of aryl methyl sites for hydroxylation is 2. The van der Waals surface area contributed by atoms with Gasteiger partial charge in [-0.15, -0.1) is 0 Å². The van der Waals surface area contributed by atoms with Crippen LogP contribution in [0.4, 0.5) is 0 Å². The number of aliphatic hydroxyl groups excluding tert-OH is 1. The molecule has 1 aliphatic rings. The van der Waals surface area contributed by atoms with E-state index in [1.165, 1.54) is 0 Å². The van der Waals surface area contributed by atoms with Crippen molar-refractivity contribution >= 4 is 5.78 Å². The van der Waals surface area contributed by atoms with Gasteiger partial charge in [-0.1, -0.05) is 18.2 Å². The number of rotatable bonds is 0. The first kappa shape index (κ1) is 9.00. The molecule has 0 unspecified atom stereocenters.